The Morgan fingerprint density at radius 1 is 1.21 bits per heavy atom. The Kier molecular flexibility index (Phi) is 11.1. The molecular weight excluding hydrogens is 364 g/mol. The van der Waals surface area contributed by atoms with Crippen LogP contribution in [0.3, 0.4) is 0 Å². The summed E-state index contributed by atoms with van der Waals surface area (Å²) in [5.41, 5.74) is 2.69. The van der Waals surface area contributed by atoms with Gasteiger partial charge in [-0.15, -0.1) is 0 Å². The van der Waals surface area contributed by atoms with Crippen LogP contribution in [0.25, 0.3) is 0 Å². The van der Waals surface area contributed by atoms with E-state index in [1.807, 2.05) is 7.05 Å². The first-order valence-electron chi connectivity index (χ1n) is 11.0. The van der Waals surface area contributed by atoms with E-state index in [1.54, 1.807) is 0 Å². The summed E-state index contributed by atoms with van der Waals surface area (Å²) in [5.74, 6) is 1.51. The maximum absolute atomic E-state index is 5.83. The highest BCUT2D eigenvalue weighted by Gasteiger charge is 2.15. The summed E-state index contributed by atoms with van der Waals surface area (Å²) in [6.45, 7) is 7.25. The summed E-state index contributed by atoms with van der Waals surface area (Å²) in [6.07, 6.45) is 4.30. The van der Waals surface area contributed by atoms with Crippen molar-refractivity contribution in [2.45, 2.75) is 38.6 Å². The Morgan fingerprint density at radius 3 is 2.55 bits per heavy atom. The molecule has 0 bridgehead atoms. The van der Waals surface area contributed by atoms with Crippen molar-refractivity contribution < 1.29 is 9.47 Å². The lowest BCUT2D eigenvalue weighted by Gasteiger charge is -2.26. The molecule has 2 N–H and O–H groups in total. The predicted molar refractivity (Wildman–Crippen MR) is 121 cm³/mol. The highest BCUT2D eigenvalue weighted by atomic mass is 16.5. The number of aliphatic imine (C=N–C) groups is 1. The number of nitrogens with zero attached hydrogens (tertiary/aromatic N) is 2. The average molecular weight is 405 g/mol. The van der Waals surface area contributed by atoms with Crippen molar-refractivity contribution in [2.24, 2.45) is 10.9 Å². The summed E-state index contributed by atoms with van der Waals surface area (Å²) < 4.78 is 11.2. The molecule has 164 valence electrons. The number of hydrogen-bond donors (Lipinski definition) is 2. The normalized spacial score (nSPS) is 16.8. The summed E-state index contributed by atoms with van der Waals surface area (Å²) in [6, 6.07) is 9.20. The third kappa shape index (κ3) is 8.72. The van der Waals surface area contributed by atoms with E-state index in [9.17, 15) is 0 Å². The number of likely N-dealkylation sites (N-methyl/N-ethyl adjacent to an activating group) is 1. The molecule has 6 nitrogen and oxygen atoms in total. The van der Waals surface area contributed by atoms with Gasteiger partial charge in [0.1, 0.15) is 0 Å². The quantitative estimate of drug-likeness (QED) is 0.337. The lowest BCUT2D eigenvalue weighted by Crippen LogP contribution is -2.42. The van der Waals surface area contributed by atoms with E-state index < -0.39 is 0 Å². The number of nitrogens with one attached hydrogen (secondary N) is 2. The Hall–Kier alpha value is -1.63. The molecular formula is C23H40N4O2. The number of hydrogen-bond acceptors (Lipinski definition) is 4. The summed E-state index contributed by atoms with van der Waals surface area (Å²) in [7, 11) is 6.05. The van der Waals surface area contributed by atoms with Crippen molar-refractivity contribution in [3.8, 4) is 0 Å². The summed E-state index contributed by atoms with van der Waals surface area (Å²) in [5, 5.41) is 6.86. The van der Waals surface area contributed by atoms with Gasteiger partial charge in [-0.1, -0.05) is 31.2 Å². The summed E-state index contributed by atoms with van der Waals surface area (Å²) >= 11 is 0. The first-order valence-corrected chi connectivity index (χ1v) is 11.0. The highest BCUT2D eigenvalue weighted by Crippen LogP contribution is 2.18. The zero-order valence-corrected chi connectivity index (χ0v) is 18.7. The van der Waals surface area contributed by atoms with E-state index >= 15 is 0 Å². The molecule has 1 aromatic rings. The van der Waals surface area contributed by atoms with Crippen LogP contribution in [0.1, 0.15) is 43.4 Å². The molecule has 0 saturated carbocycles. The Bertz CT molecular complexity index is 583. The summed E-state index contributed by atoms with van der Waals surface area (Å²) in [4.78, 5) is 6.59. The second-order valence-electron chi connectivity index (χ2n) is 7.94. The van der Waals surface area contributed by atoms with Crippen molar-refractivity contribution in [2.75, 3.05) is 60.7 Å². The van der Waals surface area contributed by atoms with Gasteiger partial charge in [0.2, 0.25) is 0 Å². The topological polar surface area (TPSA) is 58.1 Å². The minimum absolute atomic E-state index is 0.294. The predicted octanol–water partition coefficient (Wildman–Crippen LogP) is 2.85. The van der Waals surface area contributed by atoms with Crippen molar-refractivity contribution >= 4 is 5.96 Å². The Labute approximate surface area is 177 Å². The van der Waals surface area contributed by atoms with E-state index in [4.69, 9.17) is 9.47 Å². The van der Waals surface area contributed by atoms with Gasteiger partial charge in [0.05, 0.1) is 6.04 Å². The molecule has 0 spiro atoms. The zero-order chi connectivity index (χ0) is 20.9. The standard InChI is InChI=1S/C23H40N4O2/c1-5-19-7-9-21(10-8-19)22(27(3)4)17-26-23(24-2)25-13-6-14-29-18-20-11-15-28-16-12-20/h7-10,20,22H,5-6,11-18H2,1-4H3,(H2,24,25,26). The van der Waals surface area contributed by atoms with E-state index in [2.05, 4.69) is 65.8 Å². The average Bonchev–Trinajstić information content (AvgIpc) is 2.75. The molecule has 6 heteroatoms. The fraction of sp³-hybridized carbons (Fsp3) is 0.696. The van der Waals surface area contributed by atoms with Gasteiger partial charge in [0, 0.05) is 46.6 Å². The molecule has 29 heavy (non-hydrogen) atoms. The highest BCUT2D eigenvalue weighted by molar-refractivity contribution is 5.79. The van der Waals surface area contributed by atoms with Gasteiger partial charge >= 0.3 is 0 Å². The van der Waals surface area contributed by atoms with Crippen molar-refractivity contribution in [1.29, 1.82) is 0 Å². The molecule has 0 radical (unpaired) electrons. The molecule has 0 aromatic heterocycles. The fourth-order valence-corrected chi connectivity index (χ4v) is 3.53. The molecule has 0 amide bonds. The third-order valence-electron chi connectivity index (χ3n) is 5.53. The van der Waals surface area contributed by atoms with Crippen molar-refractivity contribution in [1.82, 2.24) is 15.5 Å². The van der Waals surface area contributed by atoms with Gasteiger partial charge in [0.15, 0.2) is 5.96 Å². The smallest absolute Gasteiger partial charge is 0.191 e. The lowest BCUT2D eigenvalue weighted by atomic mass is 10.0. The van der Waals surface area contributed by atoms with E-state index in [1.165, 1.54) is 11.1 Å². The number of ether oxygens (including phenoxy) is 2. The van der Waals surface area contributed by atoms with Crippen LogP contribution in [-0.4, -0.2) is 71.5 Å². The van der Waals surface area contributed by atoms with Crippen LogP contribution in [0.4, 0.5) is 0 Å². The second kappa shape index (κ2) is 13.6. The van der Waals surface area contributed by atoms with Gasteiger partial charge in [-0.3, -0.25) is 4.99 Å². The molecule has 1 heterocycles. The molecule has 1 unspecified atom stereocenters. The van der Waals surface area contributed by atoms with Crippen LogP contribution in [0.5, 0.6) is 0 Å². The molecule has 1 fully saturated rings. The van der Waals surface area contributed by atoms with Gasteiger partial charge in [0.25, 0.3) is 0 Å². The first kappa shape index (κ1) is 23.6. The van der Waals surface area contributed by atoms with E-state index in [0.717, 1.165) is 71.2 Å². The van der Waals surface area contributed by atoms with Crippen LogP contribution < -0.4 is 10.6 Å². The number of rotatable bonds is 11. The minimum Gasteiger partial charge on any atom is -0.381 e. The van der Waals surface area contributed by atoms with Gasteiger partial charge in [-0.05, 0) is 56.8 Å². The fourth-order valence-electron chi connectivity index (χ4n) is 3.53. The van der Waals surface area contributed by atoms with Crippen LogP contribution >= 0.6 is 0 Å². The SMILES string of the molecule is CCc1ccc(C(CNC(=NC)NCCCOCC2CCOCC2)N(C)C)cc1. The van der Waals surface area contributed by atoms with E-state index in [-0.39, 0.29) is 0 Å². The van der Waals surface area contributed by atoms with Crippen LogP contribution in [0, 0.1) is 5.92 Å². The van der Waals surface area contributed by atoms with Crippen LogP contribution in [-0.2, 0) is 15.9 Å². The molecule has 0 aliphatic carbocycles. The Balaban J connectivity index is 1.66. The molecule has 2 rings (SSSR count). The third-order valence-corrected chi connectivity index (χ3v) is 5.53. The first-order chi connectivity index (χ1) is 14.1. The van der Waals surface area contributed by atoms with Crippen molar-refractivity contribution in [3.05, 3.63) is 35.4 Å². The number of aryl methyl sites for hydroxylation is 1. The van der Waals surface area contributed by atoms with Gasteiger partial charge < -0.3 is 25.0 Å². The molecule has 1 aliphatic heterocycles. The van der Waals surface area contributed by atoms with Gasteiger partial charge in [-0.25, -0.2) is 0 Å². The van der Waals surface area contributed by atoms with Crippen molar-refractivity contribution in [3.63, 3.8) is 0 Å². The minimum atomic E-state index is 0.294. The Morgan fingerprint density at radius 2 is 1.93 bits per heavy atom. The van der Waals surface area contributed by atoms with Crippen LogP contribution in [0.2, 0.25) is 0 Å². The second-order valence-corrected chi connectivity index (χ2v) is 7.94. The van der Waals surface area contributed by atoms with Crippen LogP contribution in [0.15, 0.2) is 29.3 Å². The van der Waals surface area contributed by atoms with Gasteiger partial charge in [-0.2, -0.15) is 0 Å². The maximum Gasteiger partial charge on any atom is 0.191 e. The monoisotopic (exact) mass is 404 g/mol. The zero-order valence-electron chi connectivity index (χ0n) is 18.7. The molecule has 1 aromatic carbocycles. The molecule has 1 atom stereocenters. The number of guanidine groups is 1. The molecule has 1 aliphatic rings. The lowest BCUT2D eigenvalue weighted by molar-refractivity contribution is 0.0203. The largest absolute Gasteiger partial charge is 0.381 e. The number of benzene rings is 1. The molecule has 1 saturated heterocycles. The maximum atomic E-state index is 5.83. The van der Waals surface area contributed by atoms with E-state index in [0.29, 0.717) is 12.0 Å².